The molecule has 0 amide bonds. The number of fused-ring (bicyclic) bond motifs is 1. The molecule has 1 aliphatic heterocycles. The van der Waals surface area contributed by atoms with Gasteiger partial charge in [-0.2, -0.15) is 4.31 Å². The first-order valence-electron chi connectivity index (χ1n) is 9.69. The van der Waals surface area contributed by atoms with Crippen molar-refractivity contribution in [2.24, 2.45) is 0 Å². The molecular weight excluding hydrogens is 388 g/mol. The summed E-state index contributed by atoms with van der Waals surface area (Å²) in [5, 5.41) is 0. The molecule has 0 saturated carbocycles. The fourth-order valence-electron chi connectivity index (χ4n) is 3.81. The van der Waals surface area contributed by atoms with Crippen molar-refractivity contribution < 1.29 is 13.2 Å². The number of ether oxygens (including phenoxy) is 1. The molecule has 7 nitrogen and oxygen atoms in total. The zero-order valence-electron chi connectivity index (χ0n) is 17.0. The average Bonchev–Trinajstić information content (AvgIpc) is 3.09. The van der Waals surface area contributed by atoms with Crippen LogP contribution in [-0.4, -0.2) is 60.9 Å². The van der Waals surface area contributed by atoms with Crippen LogP contribution in [0.1, 0.15) is 17.0 Å². The first kappa shape index (κ1) is 19.9. The molecule has 3 aromatic rings. The lowest BCUT2D eigenvalue weighted by Crippen LogP contribution is -2.48. The van der Waals surface area contributed by atoms with E-state index in [2.05, 4.69) is 14.9 Å². The van der Waals surface area contributed by atoms with Crippen molar-refractivity contribution in [3.05, 3.63) is 53.3 Å². The van der Waals surface area contributed by atoms with Crippen LogP contribution < -0.4 is 4.74 Å². The van der Waals surface area contributed by atoms with E-state index in [0.29, 0.717) is 37.6 Å². The molecule has 0 spiro atoms. The summed E-state index contributed by atoms with van der Waals surface area (Å²) in [7, 11) is -1.82. The number of methoxy groups -OCH3 is 1. The maximum absolute atomic E-state index is 13.0. The second kappa shape index (κ2) is 7.78. The molecule has 2 aromatic carbocycles. The quantitative estimate of drug-likeness (QED) is 0.695. The maximum Gasteiger partial charge on any atom is 0.243 e. The van der Waals surface area contributed by atoms with Gasteiger partial charge in [0, 0.05) is 32.2 Å². The zero-order valence-corrected chi connectivity index (χ0v) is 17.8. The summed E-state index contributed by atoms with van der Waals surface area (Å²) < 4.78 is 32.9. The maximum atomic E-state index is 13.0. The van der Waals surface area contributed by atoms with Gasteiger partial charge in [-0.05, 0) is 37.6 Å². The third-order valence-electron chi connectivity index (χ3n) is 5.39. The second-order valence-electron chi connectivity index (χ2n) is 7.52. The SMILES string of the molecule is COc1ccc2nc(CN3CCN(S(=O)(=O)c4ccc(C)cc4C)CC3)[nH]c2c1. The molecule has 4 rings (SSSR count). The van der Waals surface area contributed by atoms with Gasteiger partial charge in [0.05, 0.1) is 29.6 Å². The third kappa shape index (κ3) is 4.01. The molecule has 1 aromatic heterocycles. The summed E-state index contributed by atoms with van der Waals surface area (Å²) in [6, 6.07) is 11.2. The Hall–Kier alpha value is -2.42. The van der Waals surface area contributed by atoms with Gasteiger partial charge < -0.3 is 9.72 Å². The predicted octanol–water partition coefficient (Wildman–Crippen LogP) is 2.69. The van der Waals surface area contributed by atoms with E-state index in [4.69, 9.17) is 4.74 Å². The summed E-state index contributed by atoms with van der Waals surface area (Å²) in [5.74, 6) is 1.66. The number of nitrogens with one attached hydrogen (secondary N) is 1. The van der Waals surface area contributed by atoms with Crippen molar-refractivity contribution in [1.29, 1.82) is 0 Å². The number of nitrogens with zero attached hydrogens (tertiary/aromatic N) is 3. The number of hydrogen-bond donors (Lipinski definition) is 1. The van der Waals surface area contributed by atoms with Crippen molar-refractivity contribution in [1.82, 2.24) is 19.2 Å². The Balaban J connectivity index is 1.43. The summed E-state index contributed by atoms with van der Waals surface area (Å²) in [4.78, 5) is 10.6. The molecule has 1 aliphatic rings. The van der Waals surface area contributed by atoms with E-state index in [1.807, 2.05) is 44.2 Å². The number of piperazine rings is 1. The topological polar surface area (TPSA) is 78.5 Å². The number of aryl methyl sites for hydroxylation is 2. The number of aromatic amines is 1. The lowest BCUT2D eigenvalue weighted by molar-refractivity contribution is 0.178. The highest BCUT2D eigenvalue weighted by atomic mass is 32.2. The minimum absolute atomic E-state index is 0.405. The van der Waals surface area contributed by atoms with Crippen LogP contribution in [0.25, 0.3) is 11.0 Å². The largest absolute Gasteiger partial charge is 0.497 e. The second-order valence-corrected chi connectivity index (χ2v) is 9.42. The number of H-pyrrole nitrogens is 1. The molecular formula is C21H26N4O3S. The summed E-state index contributed by atoms with van der Waals surface area (Å²) in [6.45, 7) is 6.78. The van der Waals surface area contributed by atoms with Gasteiger partial charge in [0.15, 0.2) is 0 Å². The Morgan fingerprint density at radius 1 is 1.07 bits per heavy atom. The molecule has 1 N–H and O–H groups in total. The fourth-order valence-corrected chi connectivity index (χ4v) is 5.44. The molecule has 1 fully saturated rings. The highest BCUT2D eigenvalue weighted by Gasteiger charge is 2.29. The van der Waals surface area contributed by atoms with Crippen molar-refractivity contribution in [3.63, 3.8) is 0 Å². The summed E-state index contributed by atoms with van der Waals surface area (Å²) >= 11 is 0. The molecule has 29 heavy (non-hydrogen) atoms. The normalized spacial score (nSPS) is 16.4. The summed E-state index contributed by atoms with van der Waals surface area (Å²) in [5.41, 5.74) is 3.70. The number of rotatable bonds is 5. The molecule has 154 valence electrons. The number of sulfonamides is 1. The molecule has 0 unspecified atom stereocenters. The van der Waals surface area contributed by atoms with Gasteiger partial charge in [-0.25, -0.2) is 13.4 Å². The van der Waals surface area contributed by atoms with Crippen LogP contribution in [-0.2, 0) is 16.6 Å². The van der Waals surface area contributed by atoms with Gasteiger partial charge in [0.2, 0.25) is 10.0 Å². The molecule has 0 radical (unpaired) electrons. The predicted molar refractivity (Wildman–Crippen MR) is 113 cm³/mol. The van der Waals surface area contributed by atoms with Crippen LogP contribution in [0.15, 0.2) is 41.3 Å². The Kier molecular flexibility index (Phi) is 5.33. The van der Waals surface area contributed by atoms with E-state index < -0.39 is 10.0 Å². The van der Waals surface area contributed by atoms with Crippen molar-refractivity contribution in [2.45, 2.75) is 25.3 Å². The molecule has 2 heterocycles. The van der Waals surface area contributed by atoms with Gasteiger partial charge in [-0.3, -0.25) is 4.90 Å². The Morgan fingerprint density at radius 3 is 2.52 bits per heavy atom. The van der Waals surface area contributed by atoms with E-state index in [1.165, 1.54) is 0 Å². The van der Waals surface area contributed by atoms with Crippen molar-refractivity contribution in [3.8, 4) is 5.75 Å². The zero-order chi connectivity index (χ0) is 20.6. The van der Waals surface area contributed by atoms with E-state index in [0.717, 1.165) is 33.7 Å². The van der Waals surface area contributed by atoms with Gasteiger partial charge in [0.1, 0.15) is 11.6 Å². The minimum atomic E-state index is -3.46. The lowest BCUT2D eigenvalue weighted by Gasteiger charge is -2.33. The fraction of sp³-hybridized carbons (Fsp3) is 0.381. The number of hydrogen-bond acceptors (Lipinski definition) is 5. The Morgan fingerprint density at radius 2 is 1.83 bits per heavy atom. The van der Waals surface area contributed by atoms with Crippen molar-refractivity contribution in [2.75, 3.05) is 33.3 Å². The minimum Gasteiger partial charge on any atom is -0.497 e. The van der Waals surface area contributed by atoms with E-state index in [9.17, 15) is 8.42 Å². The molecule has 0 aliphatic carbocycles. The monoisotopic (exact) mass is 414 g/mol. The number of aromatic nitrogens is 2. The van der Waals surface area contributed by atoms with E-state index in [-0.39, 0.29) is 0 Å². The first-order chi connectivity index (χ1) is 13.9. The van der Waals surface area contributed by atoms with Crippen molar-refractivity contribution >= 4 is 21.1 Å². The summed E-state index contributed by atoms with van der Waals surface area (Å²) in [6.07, 6.45) is 0. The Labute approximate surface area is 171 Å². The van der Waals surface area contributed by atoms with Gasteiger partial charge in [0.25, 0.3) is 0 Å². The van der Waals surface area contributed by atoms with Gasteiger partial charge in [-0.1, -0.05) is 17.7 Å². The van der Waals surface area contributed by atoms with Crippen LogP contribution in [0.4, 0.5) is 0 Å². The highest BCUT2D eigenvalue weighted by Crippen LogP contribution is 2.23. The van der Waals surface area contributed by atoms with Gasteiger partial charge in [-0.15, -0.1) is 0 Å². The van der Waals surface area contributed by atoms with Crippen LogP contribution in [0.5, 0.6) is 5.75 Å². The number of imidazole rings is 1. The Bertz CT molecular complexity index is 1130. The standard InChI is InChI=1S/C21H26N4O3S/c1-15-4-7-20(16(2)12-15)29(26,27)25-10-8-24(9-11-25)14-21-22-18-6-5-17(28-3)13-19(18)23-21/h4-7,12-13H,8-11,14H2,1-3H3,(H,22,23). The van der Waals surface area contributed by atoms with Crippen LogP contribution in [0.2, 0.25) is 0 Å². The van der Waals surface area contributed by atoms with Crippen LogP contribution >= 0.6 is 0 Å². The van der Waals surface area contributed by atoms with E-state index >= 15 is 0 Å². The molecule has 1 saturated heterocycles. The average molecular weight is 415 g/mol. The smallest absolute Gasteiger partial charge is 0.243 e. The van der Waals surface area contributed by atoms with Crippen LogP contribution in [0.3, 0.4) is 0 Å². The molecule has 0 bridgehead atoms. The molecule has 8 heteroatoms. The highest BCUT2D eigenvalue weighted by molar-refractivity contribution is 7.89. The molecule has 0 atom stereocenters. The van der Waals surface area contributed by atoms with E-state index in [1.54, 1.807) is 17.5 Å². The lowest BCUT2D eigenvalue weighted by atomic mass is 10.2. The van der Waals surface area contributed by atoms with Crippen LogP contribution in [0, 0.1) is 13.8 Å². The number of benzene rings is 2. The third-order valence-corrected chi connectivity index (χ3v) is 7.45. The first-order valence-corrected chi connectivity index (χ1v) is 11.1. The van der Waals surface area contributed by atoms with Gasteiger partial charge >= 0.3 is 0 Å².